The molecule has 0 saturated heterocycles. The van der Waals surface area contributed by atoms with E-state index in [2.05, 4.69) is 15.6 Å². The predicted octanol–water partition coefficient (Wildman–Crippen LogP) is 3.61. The van der Waals surface area contributed by atoms with Gasteiger partial charge >= 0.3 is 0 Å². The molecule has 1 aromatic heterocycles. The van der Waals surface area contributed by atoms with E-state index in [9.17, 15) is 9.59 Å². The number of aromatic nitrogens is 2. The molecule has 1 heterocycles. The normalized spacial score (nSPS) is 11.0. The molecule has 4 aromatic rings. The fraction of sp³-hybridized carbons (Fsp3) is 0.120. The van der Waals surface area contributed by atoms with Crippen molar-refractivity contribution in [3.05, 3.63) is 106 Å². The van der Waals surface area contributed by atoms with Crippen LogP contribution in [0.1, 0.15) is 28.5 Å². The van der Waals surface area contributed by atoms with Crippen LogP contribution in [0.3, 0.4) is 0 Å². The Morgan fingerprint density at radius 2 is 1.69 bits per heavy atom. The third kappa shape index (κ3) is 4.57. The number of fused-ring (bicyclic) bond motifs is 1. The van der Waals surface area contributed by atoms with Crippen molar-refractivity contribution in [2.75, 3.05) is 6.61 Å². The van der Waals surface area contributed by atoms with Crippen LogP contribution in [0.5, 0.6) is 5.75 Å². The maximum Gasteiger partial charge on any atom is 0.292 e. The van der Waals surface area contributed by atoms with Gasteiger partial charge in [0.25, 0.3) is 11.5 Å². The van der Waals surface area contributed by atoms with E-state index in [4.69, 9.17) is 4.74 Å². The van der Waals surface area contributed by atoms with Crippen LogP contribution < -0.4 is 15.7 Å². The van der Waals surface area contributed by atoms with Gasteiger partial charge in [0.15, 0.2) is 5.69 Å². The summed E-state index contributed by atoms with van der Waals surface area (Å²) in [5, 5.41) is 9.33. The molecule has 0 aliphatic carbocycles. The lowest BCUT2D eigenvalue weighted by atomic mass is 10.1. The quantitative estimate of drug-likeness (QED) is 0.361. The average Bonchev–Trinajstić information content (AvgIpc) is 2.83. The summed E-state index contributed by atoms with van der Waals surface area (Å²) in [6, 6.07) is 23.8. The lowest BCUT2D eigenvalue weighted by molar-refractivity contribution is 0.0949. The lowest BCUT2D eigenvalue weighted by Crippen LogP contribution is -2.29. The first-order valence-corrected chi connectivity index (χ1v) is 10.3. The summed E-state index contributed by atoms with van der Waals surface area (Å²) in [6.45, 7) is 2.68. The van der Waals surface area contributed by atoms with Gasteiger partial charge in [-0.25, -0.2) is 10.1 Å². The van der Waals surface area contributed by atoms with E-state index < -0.39 is 5.91 Å². The van der Waals surface area contributed by atoms with Crippen molar-refractivity contribution in [3.63, 3.8) is 0 Å². The Balaban J connectivity index is 1.65. The summed E-state index contributed by atoms with van der Waals surface area (Å²) in [6.07, 6.45) is 1.52. The number of benzene rings is 3. The zero-order valence-electron chi connectivity index (χ0n) is 17.6. The minimum Gasteiger partial charge on any atom is -0.493 e. The highest BCUT2D eigenvalue weighted by atomic mass is 16.5. The van der Waals surface area contributed by atoms with Crippen LogP contribution in [0.2, 0.25) is 0 Å². The largest absolute Gasteiger partial charge is 0.493 e. The summed E-state index contributed by atoms with van der Waals surface area (Å²) in [7, 11) is 0. The molecule has 7 nitrogen and oxygen atoms in total. The highest BCUT2D eigenvalue weighted by Gasteiger charge is 2.16. The molecule has 4 rings (SSSR count). The Hall–Kier alpha value is -4.26. The van der Waals surface area contributed by atoms with Crippen LogP contribution in [0.4, 0.5) is 0 Å². The first-order chi connectivity index (χ1) is 15.7. The Morgan fingerprint density at radius 1 is 1.00 bits per heavy atom. The van der Waals surface area contributed by atoms with Crippen molar-refractivity contribution in [1.82, 2.24) is 15.2 Å². The Morgan fingerprint density at radius 3 is 2.47 bits per heavy atom. The number of nitrogens with one attached hydrogen (secondary N) is 1. The number of hydrogen-bond acceptors (Lipinski definition) is 5. The molecular formula is C25H22N4O3. The number of rotatable bonds is 7. The summed E-state index contributed by atoms with van der Waals surface area (Å²) < 4.78 is 6.87. The van der Waals surface area contributed by atoms with E-state index in [1.54, 1.807) is 24.3 Å². The summed E-state index contributed by atoms with van der Waals surface area (Å²) in [5.74, 6) is 0.168. The van der Waals surface area contributed by atoms with Crippen LogP contribution >= 0.6 is 0 Å². The number of carbonyl (C=O) groups excluding carboxylic acids is 1. The molecule has 1 N–H and O–H groups in total. The number of ether oxygens (including phenoxy) is 1. The molecule has 160 valence electrons. The molecule has 0 spiro atoms. The zero-order chi connectivity index (χ0) is 22.3. The van der Waals surface area contributed by atoms with Crippen LogP contribution in [-0.4, -0.2) is 28.5 Å². The molecule has 0 atom stereocenters. The van der Waals surface area contributed by atoms with Crippen molar-refractivity contribution in [1.29, 1.82) is 0 Å². The maximum absolute atomic E-state index is 12.9. The fourth-order valence-corrected chi connectivity index (χ4v) is 3.35. The number of hydrazone groups is 1. The molecular weight excluding hydrogens is 404 g/mol. The van der Waals surface area contributed by atoms with Gasteiger partial charge in [-0.15, -0.1) is 0 Å². The van der Waals surface area contributed by atoms with E-state index in [0.717, 1.165) is 11.1 Å². The Bertz CT molecular complexity index is 1330. The van der Waals surface area contributed by atoms with E-state index in [-0.39, 0.29) is 17.8 Å². The van der Waals surface area contributed by atoms with E-state index in [0.29, 0.717) is 23.1 Å². The minimum atomic E-state index is -0.506. The van der Waals surface area contributed by atoms with Gasteiger partial charge in [-0.05, 0) is 30.7 Å². The molecule has 0 aliphatic rings. The van der Waals surface area contributed by atoms with Crippen LogP contribution in [0.25, 0.3) is 10.8 Å². The van der Waals surface area contributed by atoms with Crippen molar-refractivity contribution in [2.45, 2.75) is 13.5 Å². The van der Waals surface area contributed by atoms with Crippen molar-refractivity contribution < 1.29 is 9.53 Å². The third-order valence-corrected chi connectivity index (χ3v) is 4.85. The van der Waals surface area contributed by atoms with E-state index in [1.165, 1.54) is 10.9 Å². The number of hydrogen-bond donors (Lipinski definition) is 1. The number of amides is 1. The number of nitrogens with zero attached hydrogens (tertiary/aromatic N) is 3. The molecule has 0 unspecified atom stereocenters. The van der Waals surface area contributed by atoms with Crippen LogP contribution in [0, 0.1) is 0 Å². The van der Waals surface area contributed by atoms with Gasteiger partial charge in [0.05, 0.1) is 24.8 Å². The number of carbonyl (C=O) groups is 1. The van der Waals surface area contributed by atoms with Crippen LogP contribution in [-0.2, 0) is 6.54 Å². The molecule has 0 aliphatic heterocycles. The smallest absolute Gasteiger partial charge is 0.292 e. The van der Waals surface area contributed by atoms with Crippen molar-refractivity contribution >= 4 is 22.9 Å². The molecule has 3 aromatic carbocycles. The monoisotopic (exact) mass is 426 g/mol. The summed E-state index contributed by atoms with van der Waals surface area (Å²) >= 11 is 0. The second-order valence-corrected chi connectivity index (χ2v) is 7.01. The first kappa shape index (κ1) is 21.0. The number of para-hydroxylation sites is 1. The highest BCUT2D eigenvalue weighted by molar-refractivity contribution is 6.05. The zero-order valence-corrected chi connectivity index (χ0v) is 17.6. The second kappa shape index (κ2) is 9.70. The van der Waals surface area contributed by atoms with Gasteiger partial charge in [0, 0.05) is 10.9 Å². The van der Waals surface area contributed by atoms with Gasteiger partial charge in [-0.2, -0.15) is 10.2 Å². The van der Waals surface area contributed by atoms with Crippen molar-refractivity contribution in [3.8, 4) is 5.75 Å². The van der Waals surface area contributed by atoms with E-state index in [1.807, 2.05) is 61.5 Å². The fourth-order valence-electron chi connectivity index (χ4n) is 3.35. The second-order valence-electron chi connectivity index (χ2n) is 7.01. The summed E-state index contributed by atoms with van der Waals surface area (Å²) in [4.78, 5) is 25.9. The van der Waals surface area contributed by atoms with Gasteiger partial charge in [-0.3, -0.25) is 9.59 Å². The van der Waals surface area contributed by atoms with Gasteiger partial charge in [0.1, 0.15) is 5.75 Å². The topological polar surface area (TPSA) is 85.6 Å². The molecule has 0 radical (unpaired) electrons. The Kier molecular flexibility index (Phi) is 6.36. The molecule has 0 fully saturated rings. The van der Waals surface area contributed by atoms with Gasteiger partial charge in [-0.1, -0.05) is 60.7 Å². The lowest BCUT2D eigenvalue weighted by Gasteiger charge is -2.10. The molecule has 0 saturated carbocycles. The molecule has 7 heteroatoms. The predicted molar refractivity (Wildman–Crippen MR) is 124 cm³/mol. The van der Waals surface area contributed by atoms with Crippen LogP contribution in [0.15, 0.2) is 88.8 Å². The standard InChI is InChI=1S/C25H22N4O3/c1-2-32-22-15-9-6-12-19(22)16-26-27-24(30)23-20-13-7-8-14-21(20)25(31)29(28-23)17-18-10-4-3-5-11-18/h3-16H,2,17H2,1H3,(H,27,30). The van der Waals surface area contributed by atoms with Gasteiger partial charge < -0.3 is 4.74 Å². The molecule has 1 amide bonds. The SMILES string of the molecule is CCOc1ccccc1C=NNC(=O)c1nn(Cc2ccccc2)c(=O)c2ccccc12. The van der Waals surface area contributed by atoms with Crippen molar-refractivity contribution in [2.24, 2.45) is 5.10 Å². The Labute approximate surface area is 185 Å². The molecule has 32 heavy (non-hydrogen) atoms. The summed E-state index contributed by atoms with van der Waals surface area (Å²) in [5.41, 5.74) is 4.04. The maximum atomic E-state index is 12.9. The average molecular weight is 426 g/mol. The molecule has 0 bridgehead atoms. The minimum absolute atomic E-state index is 0.131. The first-order valence-electron chi connectivity index (χ1n) is 10.3. The highest BCUT2D eigenvalue weighted by Crippen LogP contribution is 2.16. The third-order valence-electron chi connectivity index (χ3n) is 4.85. The van der Waals surface area contributed by atoms with Gasteiger partial charge in [0.2, 0.25) is 0 Å². The van der Waals surface area contributed by atoms with E-state index >= 15 is 0 Å².